The van der Waals surface area contributed by atoms with Gasteiger partial charge in [-0.15, -0.1) is 0 Å². The van der Waals surface area contributed by atoms with Gasteiger partial charge in [-0.2, -0.15) is 0 Å². The predicted octanol–water partition coefficient (Wildman–Crippen LogP) is 0.279. The number of carbonyl (C=O) groups excluding carboxylic acids is 1. The lowest BCUT2D eigenvalue weighted by Gasteiger charge is -2.10. The van der Waals surface area contributed by atoms with Crippen molar-refractivity contribution in [3.05, 3.63) is 29.3 Å². The van der Waals surface area contributed by atoms with Crippen molar-refractivity contribution in [3.8, 4) is 0 Å². The van der Waals surface area contributed by atoms with E-state index >= 15 is 0 Å². The highest BCUT2D eigenvalue weighted by atomic mass is 32.2. The quantitative estimate of drug-likeness (QED) is 0.579. The molecule has 0 fully saturated rings. The van der Waals surface area contributed by atoms with Crippen LogP contribution in [0.3, 0.4) is 0 Å². The van der Waals surface area contributed by atoms with Gasteiger partial charge in [-0.1, -0.05) is 0 Å². The number of methoxy groups -OCH3 is 1. The van der Waals surface area contributed by atoms with E-state index in [1.165, 1.54) is 25.3 Å². The summed E-state index contributed by atoms with van der Waals surface area (Å²) in [6, 6.07) is 4.34. The highest BCUT2D eigenvalue weighted by molar-refractivity contribution is 7.89. The molecule has 0 saturated carbocycles. The van der Waals surface area contributed by atoms with Crippen LogP contribution in [-0.2, 0) is 14.8 Å². The lowest BCUT2D eigenvalue weighted by atomic mass is 10.1. The molecule has 0 aliphatic heterocycles. The van der Waals surface area contributed by atoms with Crippen molar-refractivity contribution in [3.63, 3.8) is 0 Å². The summed E-state index contributed by atoms with van der Waals surface area (Å²) in [5.41, 5.74) is 0.828. The highest BCUT2D eigenvalue weighted by Gasteiger charge is 2.17. The fourth-order valence-electron chi connectivity index (χ4n) is 1.58. The molecule has 6 nitrogen and oxygen atoms in total. The third-order valence-corrected chi connectivity index (χ3v) is 4.17. The molecule has 19 heavy (non-hydrogen) atoms. The molecular weight excluding hydrogens is 268 g/mol. The van der Waals surface area contributed by atoms with E-state index in [-0.39, 0.29) is 4.90 Å². The monoisotopic (exact) mass is 286 g/mol. The predicted molar refractivity (Wildman–Crippen MR) is 71.6 cm³/mol. The molecule has 0 aromatic heterocycles. The van der Waals surface area contributed by atoms with Crippen molar-refractivity contribution < 1.29 is 17.9 Å². The largest absolute Gasteiger partial charge is 0.465 e. The molecule has 1 rings (SSSR count). The number of aryl methyl sites for hydroxylation is 1. The molecule has 0 unspecified atom stereocenters. The zero-order chi connectivity index (χ0) is 14.5. The molecule has 1 aromatic carbocycles. The molecule has 106 valence electrons. The van der Waals surface area contributed by atoms with Crippen LogP contribution < -0.4 is 10.0 Å². The minimum Gasteiger partial charge on any atom is -0.465 e. The lowest BCUT2D eigenvalue weighted by molar-refractivity contribution is 0.0600. The van der Waals surface area contributed by atoms with Gasteiger partial charge in [0.05, 0.1) is 17.6 Å². The van der Waals surface area contributed by atoms with Gasteiger partial charge in [-0.05, 0) is 37.7 Å². The van der Waals surface area contributed by atoms with Crippen LogP contribution in [-0.4, -0.2) is 41.6 Å². The zero-order valence-electron chi connectivity index (χ0n) is 11.2. The molecule has 0 radical (unpaired) electrons. The van der Waals surface area contributed by atoms with Crippen molar-refractivity contribution in [1.82, 2.24) is 10.0 Å². The fraction of sp³-hybridized carbons (Fsp3) is 0.417. The Hall–Kier alpha value is -1.44. The Balaban J connectivity index is 2.99. The molecule has 7 heteroatoms. The van der Waals surface area contributed by atoms with Gasteiger partial charge < -0.3 is 10.1 Å². The smallest absolute Gasteiger partial charge is 0.337 e. The van der Waals surface area contributed by atoms with Crippen LogP contribution >= 0.6 is 0 Å². The molecule has 2 N–H and O–H groups in total. The van der Waals surface area contributed by atoms with Gasteiger partial charge in [0.15, 0.2) is 0 Å². The van der Waals surface area contributed by atoms with E-state index in [1.54, 1.807) is 14.0 Å². The summed E-state index contributed by atoms with van der Waals surface area (Å²) in [6.45, 7) is 2.48. The number of carbonyl (C=O) groups is 1. The molecule has 0 atom stereocenters. The minimum absolute atomic E-state index is 0.163. The summed E-state index contributed by atoms with van der Waals surface area (Å²) in [5, 5.41) is 2.85. The number of hydrogen-bond donors (Lipinski definition) is 2. The number of rotatable bonds is 6. The van der Waals surface area contributed by atoms with Gasteiger partial charge in [0.2, 0.25) is 10.0 Å². The van der Waals surface area contributed by atoms with E-state index < -0.39 is 16.0 Å². The van der Waals surface area contributed by atoms with Crippen LogP contribution in [0.25, 0.3) is 0 Å². The van der Waals surface area contributed by atoms with E-state index in [0.29, 0.717) is 24.2 Å². The van der Waals surface area contributed by atoms with E-state index in [0.717, 1.165) is 0 Å². The van der Waals surface area contributed by atoms with Crippen LogP contribution in [0.1, 0.15) is 15.9 Å². The highest BCUT2D eigenvalue weighted by Crippen LogP contribution is 2.17. The van der Waals surface area contributed by atoms with Crippen molar-refractivity contribution >= 4 is 16.0 Å². The molecule has 1 aromatic rings. The summed E-state index contributed by atoms with van der Waals surface area (Å²) in [7, 11) is -0.534. The Morgan fingerprint density at radius 2 is 2.00 bits per heavy atom. The van der Waals surface area contributed by atoms with Crippen LogP contribution in [0.2, 0.25) is 0 Å². The minimum atomic E-state index is -3.55. The maximum atomic E-state index is 12.0. The van der Waals surface area contributed by atoms with E-state index in [2.05, 4.69) is 14.8 Å². The number of sulfonamides is 1. The van der Waals surface area contributed by atoms with Crippen molar-refractivity contribution in [2.45, 2.75) is 11.8 Å². The van der Waals surface area contributed by atoms with Crippen LogP contribution in [0.15, 0.2) is 23.1 Å². The zero-order valence-corrected chi connectivity index (χ0v) is 12.0. The van der Waals surface area contributed by atoms with Crippen molar-refractivity contribution in [2.75, 3.05) is 27.2 Å². The van der Waals surface area contributed by atoms with E-state index in [1.807, 2.05) is 0 Å². The van der Waals surface area contributed by atoms with Crippen LogP contribution in [0, 0.1) is 6.92 Å². The van der Waals surface area contributed by atoms with Gasteiger partial charge >= 0.3 is 5.97 Å². The molecule has 0 amide bonds. The topological polar surface area (TPSA) is 84.5 Å². The molecule has 0 aliphatic carbocycles. The third kappa shape index (κ3) is 4.02. The summed E-state index contributed by atoms with van der Waals surface area (Å²) < 4.78 is 31.1. The van der Waals surface area contributed by atoms with Gasteiger partial charge in [-0.25, -0.2) is 17.9 Å². The third-order valence-electron chi connectivity index (χ3n) is 2.55. The summed E-state index contributed by atoms with van der Waals surface area (Å²) in [6.07, 6.45) is 0. The second-order valence-electron chi connectivity index (χ2n) is 3.97. The second kappa shape index (κ2) is 6.65. The molecule has 0 saturated heterocycles. The number of esters is 1. The number of ether oxygens (including phenoxy) is 1. The first-order valence-corrected chi connectivity index (χ1v) is 7.24. The number of likely N-dealkylation sites (N-methyl/N-ethyl adjacent to an activating group) is 1. The Bertz CT molecular complexity index is 555. The average Bonchev–Trinajstić information content (AvgIpc) is 2.37. The first kappa shape index (κ1) is 15.6. The Morgan fingerprint density at radius 3 is 2.53 bits per heavy atom. The van der Waals surface area contributed by atoms with Gasteiger partial charge in [0.25, 0.3) is 0 Å². The molecular formula is C12H18N2O4S. The SMILES string of the molecule is CNCCNS(=O)(=O)c1ccc(C(=O)OC)cc1C. The maximum Gasteiger partial charge on any atom is 0.337 e. The lowest BCUT2D eigenvalue weighted by Crippen LogP contribution is -2.31. The molecule has 0 spiro atoms. The first-order valence-electron chi connectivity index (χ1n) is 5.75. The van der Waals surface area contributed by atoms with Crippen molar-refractivity contribution in [2.24, 2.45) is 0 Å². The first-order chi connectivity index (χ1) is 8.92. The van der Waals surface area contributed by atoms with Crippen LogP contribution in [0.4, 0.5) is 0 Å². The summed E-state index contributed by atoms with van der Waals surface area (Å²) in [5.74, 6) is -0.491. The standard InChI is InChI=1S/C12H18N2O4S/c1-9-8-10(12(15)18-3)4-5-11(9)19(16,17)14-7-6-13-2/h4-5,8,13-14H,6-7H2,1-3H3. The van der Waals surface area contributed by atoms with Gasteiger partial charge in [-0.3, -0.25) is 0 Å². The van der Waals surface area contributed by atoms with E-state index in [4.69, 9.17) is 0 Å². The number of hydrogen-bond acceptors (Lipinski definition) is 5. The molecule has 0 aliphatic rings. The fourth-order valence-corrected chi connectivity index (χ4v) is 2.84. The number of nitrogens with one attached hydrogen (secondary N) is 2. The Labute approximate surface area is 113 Å². The van der Waals surface area contributed by atoms with E-state index in [9.17, 15) is 13.2 Å². The molecule has 0 bridgehead atoms. The summed E-state index contributed by atoms with van der Waals surface area (Å²) in [4.78, 5) is 11.5. The maximum absolute atomic E-state index is 12.0. The van der Waals surface area contributed by atoms with Gasteiger partial charge in [0, 0.05) is 13.1 Å². The Morgan fingerprint density at radius 1 is 1.32 bits per heavy atom. The average molecular weight is 286 g/mol. The second-order valence-corrected chi connectivity index (χ2v) is 5.71. The van der Waals surface area contributed by atoms with Crippen LogP contribution in [0.5, 0.6) is 0 Å². The normalized spacial score (nSPS) is 11.3. The van der Waals surface area contributed by atoms with Crippen molar-refractivity contribution in [1.29, 1.82) is 0 Å². The summed E-state index contributed by atoms with van der Waals surface area (Å²) >= 11 is 0. The molecule has 0 heterocycles. The Kier molecular flexibility index (Phi) is 5.46. The van der Waals surface area contributed by atoms with Gasteiger partial charge in [0.1, 0.15) is 0 Å². The number of benzene rings is 1.